The molecule has 0 aromatic carbocycles. The number of carbonyl (C=O) groups is 1. The molecular weight excluding hydrogens is 454 g/mol. The third-order valence-corrected chi connectivity index (χ3v) is 11.3. The third-order valence-electron chi connectivity index (χ3n) is 11.3. The van der Waals surface area contributed by atoms with Gasteiger partial charge in [0.15, 0.2) is 6.10 Å². The Morgan fingerprint density at radius 1 is 0.971 bits per heavy atom. The van der Waals surface area contributed by atoms with Gasteiger partial charge in [0.05, 0.1) is 13.2 Å². The molecule has 4 aliphatic carbocycles. The summed E-state index contributed by atoms with van der Waals surface area (Å²) in [5, 5.41) is 0. The Balaban J connectivity index is 1.59. The van der Waals surface area contributed by atoms with E-state index in [4.69, 9.17) is 18.9 Å². The fourth-order valence-corrected chi connectivity index (χ4v) is 9.60. The lowest BCUT2D eigenvalue weighted by Crippen LogP contribution is -2.62. The summed E-state index contributed by atoms with van der Waals surface area (Å²) < 4.78 is 52.2. The van der Waals surface area contributed by atoms with Gasteiger partial charge in [0.25, 0.3) is 5.92 Å². The monoisotopic (exact) mass is 500 g/mol. The van der Waals surface area contributed by atoms with Gasteiger partial charge in [0.2, 0.25) is 0 Å². The zero-order valence-corrected chi connectivity index (χ0v) is 22.7. The van der Waals surface area contributed by atoms with Crippen LogP contribution in [0.25, 0.3) is 0 Å². The van der Waals surface area contributed by atoms with Crippen LogP contribution in [-0.4, -0.2) is 58.6 Å². The highest BCUT2D eigenvalue weighted by molar-refractivity contribution is 5.74. The van der Waals surface area contributed by atoms with E-state index in [0.717, 1.165) is 32.1 Å². The molecule has 0 aromatic heterocycles. The second kappa shape index (κ2) is 9.83. The Hall–Kier alpha value is -0.790. The first-order valence-corrected chi connectivity index (χ1v) is 13.5. The highest BCUT2D eigenvalue weighted by Crippen LogP contribution is 2.69. The lowest BCUT2D eigenvalue weighted by atomic mass is 9.43. The van der Waals surface area contributed by atoms with E-state index in [1.807, 2.05) is 0 Å². The largest absolute Gasteiger partial charge is 0.467 e. The van der Waals surface area contributed by atoms with Crippen LogP contribution in [-0.2, 0) is 23.7 Å². The summed E-state index contributed by atoms with van der Waals surface area (Å²) in [4.78, 5) is 12.2. The van der Waals surface area contributed by atoms with E-state index in [-0.39, 0.29) is 35.7 Å². The Labute approximate surface area is 210 Å². The van der Waals surface area contributed by atoms with Gasteiger partial charge in [-0.05, 0) is 91.3 Å². The molecule has 0 amide bonds. The van der Waals surface area contributed by atoms with Crippen LogP contribution >= 0.6 is 0 Å². The fraction of sp³-hybridized carbons (Fsp3) is 0.964. The fourth-order valence-electron chi connectivity index (χ4n) is 9.60. The average molecular weight is 501 g/mol. The van der Waals surface area contributed by atoms with Crippen LogP contribution in [0, 0.1) is 46.3 Å². The molecule has 4 aliphatic rings. The Morgan fingerprint density at radius 2 is 1.66 bits per heavy atom. The highest BCUT2D eigenvalue weighted by atomic mass is 19.3. The number of carbonyl (C=O) groups excluding carboxylic acids is 1. The van der Waals surface area contributed by atoms with Crippen LogP contribution in [0.2, 0.25) is 0 Å². The lowest BCUT2D eigenvalue weighted by molar-refractivity contribution is -0.244. The van der Waals surface area contributed by atoms with Gasteiger partial charge in [0.1, 0.15) is 6.10 Å². The van der Waals surface area contributed by atoms with Crippen molar-refractivity contribution in [2.24, 2.45) is 46.3 Å². The van der Waals surface area contributed by atoms with Gasteiger partial charge in [-0.1, -0.05) is 20.8 Å². The van der Waals surface area contributed by atoms with Crippen molar-refractivity contribution < 1.29 is 32.5 Å². The Bertz CT molecular complexity index is 776. The van der Waals surface area contributed by atoms with Crippen molar-refractivity contribution >= 4 is 5.97 Å². The van der Waals surface area contributed by atoms with Crippen molar-refractivity contribution in [2.45, 2.75) is 96.4 Å². The van der Waals surface area contributed by atoms with Crippen molar-refractivity contribution in [3.63, 3.8) is 0 Å². The van der Waals surface area contributed by atoms with Crippen molar-refractivity contribution in [3.05, 3.63) is 0 Å². The van der Waals surface area contributed by atoms with Crippen LogP contribution < -0.4 is 0 Å². The predicted molar refractivity (Wildman–Crippen MR) is 129 cm³/mol. The molecule has 35 heavy (non-hydrogen) atoms. The molecule has 0 aliphatic heterocycles. The number of hydrogen-bond donors (Lipinski definition) is 0. The lowest BCUT2D eigenvalue weighted by Gasteiger charge is -2.63. The number of methoxy groups -OCH3 is 4. The molecule has 11 atom stereocenters. The van der Waals surface area contributed by atoms with Gasteiger partial charge in [-0.25, -0.2) is 13.6 Å². The summed E-state index contributed by atoms with van der Waals surface area (Å²) in [7, 11) is 6.19. The van der Waals surface area contributed by atoms with Crippen LogP contribution in [0.15, 0.2) is 0 Å². The maximum atomic E-state index is 15.2. The predicted octanol–water partition coefficient (Wildman–Crippen LogP) is 5.74. The highest BCUT2D eigenvalue weighted by Gasteiger charge is 2.66. The first-order valence-electron chi connectivity index (χ1n) is 13.5. The van der Waals surface area contributed by atoms with Gasteiger partial charge >= 0.3 is 5.97 Å². The Morgan fingerprint density at radius 3 is 2.26 bits per heavy atom. The molecule has 1 unspecified atom stereocenters. The molecule has 0 saturated heterocycles. The molecule has 0 N–H and O–H groups in total. The van der Waals surface area contributed by atoms with Gasteiger partial charge < -0.3 is 18.9 Å². The molecule has 0 aromatic rings. The maximum absolute atomic E-state index is 15.2. The molecule has 202 valence electrons. The second-order valence-electron chi connectivity index (χ2n) is 12.6. The molecule has 7 heteroatoms. The minimum atomic E-state index is -2.79. The van der Waals surface area contributed by atoms with E-state index in [0.29, 0.717) is 36.5 Å². The molecule has 0 heterocycles. The zero-order valence-electron chi connectivity index (χ0n) is 22.7. The number of hydrogen-bond acceptors (Lipinski definition) is 5. The van der Waals surface area contributed by atoms with Gasteiger partial charge in [-0.3, -0.25) is 0 Å². The summed E-state index contributed by atoms with van der Waals surface area (Å²) in [6.45, 7) is 6.79. The van der Waals surface area contributed by atoms with Crippen LogP contribution in [0.3, 0.4) is 0 Å². The molecule has 4 saturated carbocycles. The topological polar surface area (TPSA) is 54.0 Å². The molecule has 5 nitrogen and oxygen atoms in total. The number of halogens is 2. The van der Waals surface area contributed by atoms with Crippen molar-refractivity contribution in [1.29, 1.82) is 0 Å². The quantitative estimate of drug-likeness (QED) is 0.417. The first kappa shape index (κ1) is 27.3. The normalized spacial score (nSPS) is 46.1. The minimum Gasteiger partial charge on any atom is -0.467 e. The van der Waals surface area contributed by atoms with E-state index < -0.39 is 23.5 Å². The number of ether oxygens (including phenoxy) is 4. The smallest absolute Gasteiger partial charge is 0.334 e. The molecule has 0 radical (unpaired) electrons. The number of rotatable bonds is 7. The van der Waals surface area contributed by atoms with E-state index >= 15 is 8.78 Å². The van der Waals surface area contributed by atoms with E-state index in [9.17, 15) is 4.79 Å². The third kappa shape index (κ3) is 4.35. The van der Waals surface area contributed by atoms with E-state index in [1.54, 1.807) is 14.2 Å². The minimum absolute atomic E-state index is 0.0846. The Kier molecular flexibility index (Phi) is 7.65. The van der Waals surface area contributed by atoms with Crippen LogP contribution in [0.4, 0.5) is 8.78 Å². The maximum Gasteiger partial charge on any atom is 0.334 e. The summed E-state index contributed by atoms with van der Waals surface area (Å²) in [5.41, 5.74) is -0.281. The molecule has 0 spiro atoms. The number of alkyl halides is 2. The van der Waals surface area contributed by atoms with Gasteiger partial charge in [-0.15, -0.1) is 0 Å². The van der Waals surface area contributed by atoms with Gasteiger partial charge in [0, 0.05) is 27.8 Å². The van der Waals surface area contributed by atoms with E-state index in [2.05, 4.69) is 20.8 Å². The van der Waals surface area contributed by atoms with Crippen LogP contribution in [0.1, 0.15) is 72.1 Å². The van der Waals surface area contributed by atoms with Crippen molar-refractivity contribution in [1.82, 2.24) is 0 Å². The summed E-state index contributed by atoms with van der Waals surface area (Å²) in [6.07, 6.45) is 4.57. The molecule has 4 fully saturated rings. The zero-order chi connectivity index (χ0) is 25.8. The first-order chi connectivity index (χ1) is 16.5. The van der Waals surface area contributed by atoms with Crippen LogP contribution in [0.5, 0.6) is 0 Å². The molecular formula is C28H46F2O5. The van der Waals surface area contributed by atoms with Crippen molar-refractivity contribution in [3.8, 4) is 0 Å². The SMILES string of the molecule is COC(=O)C(C[C@@H](C)[C@H]1CC[C@H]2[C@@H]3[C@@H](OC)C[C@@H]4C[C@@H](OC)C(F)(F)C[C@]4(C)[C@H]3CC[C@]12C)OC. The van der Waals surface area contributed by atoms with E-state index in [1.165, 1.54) is 14.2 Å². The molecule has 0 bridgehead atoms. The number of esters is 1. The summed E-state index contributed by atoms with van der Waals surface area (Å²) in [5.74, 6) is -1.16. The standard InChI is InChI=1S/C28H46F2O5/c1-16(12-22(33-5)25(31)35-7)18-8-9-19-24-20(10-11-26(18,19)2)27(3)15-28(29,30)23(34-6)14-17(27)13-21(24)32-4/h16-24H,8-15H2,1-7H3/t16-,17-,18-,19+,20+,21+,22?,23-,24+,26-,27+/m1/s1. The second-order valence-corrected chi connectivity index (χ2v) is 12.6. The molecule has 4 rings (SSSR count). The average Bonchev–Trinajstić information content (AvgIpc) is 3.17. The summed E-state index contributed by atoms with van der Waals surface area (Å²) in [6, 6.07) is 0. The van der Waals surface area contributed by atoms with Gasteiger partial charge in [-0.2, -0.15) is 0 Å². The van der Waals surface area contributed by atoms with Crippen molar-refractivity contribution in [2.75, 3.05) is 28.4 Å². The number of fused-ring (bicyclic) bond motifs is 5. The summed E-state index contributed by atoms with van der Waals surface area (Å²) >= 11 is 0.